The van der Waals surface area contributed by atoms with Gasteiger partial charge < -0.3 is 19.4 Å². The topological polar surface area (TPSA) is 88.8 Å². The highest BCUT2D eigenvalue weighted by molar-refractivity contribution is 7.99. The van der Waals surface area contributed by atoms with Crippen LogP contribution in [0, 0.1) is 13.8 Å². The number of ether oxygens (including phenoxy) is 1. The molecule has 2 aromatic rings. The van der Waals surface area contributed by atoms with Gasteiger partial charge in [0.25, 0.3) is 5.91 Å². The Kier molecular flexibility index (Phi) is 6.08. The predicted octanol–water partition coefficient (Wildman–Crippen LogP) is 3.04. The molecule has 7 nitrogen and oxygen atoms in total. The molecule has 0 unspecified atom stereocenters. The van der Waals surface area contributed by atoms with Crippen LogP contribution in [0.5, 0.6) is 0 Å². The average molecular weight is 402 g/mol. The monoisotopic (exact) mass is 402 g/mol. The summed E-state index contributed by atoms with van der Waals surface area (Å²) in [7, 11) is 0. The number of hydrogen-bond donors (Lipinski definition) is 1. The summed E-state index contributed by atoms with van der Waals surface area (Å²) in [5, 5.41) is 2.36. The largest absolute Gasteiger partial charge is 0.466 e. The number of thioether (sulfide) groups is 1. The van der Waals surface area contributed by atoms with E-state index in [2.05, 4.69) is 5.32 Å². The fourth-order valence-corrected chi connectivity index (χ4v) is 4.44. The number of aryl methyl sites for hydroxylation is 1. The Morgan fingerprint density at radius 1 is 1.25 bits per heavy atom. The minimum Gasteiger partial charge on any atom is -0.466 e. The van der Waals surface area contributed by atoms with Gasteiger partial charge in [-0.15, -0.1) is 11.8 Å². The van der Waals surface area contributed by atoms with Crippen molar-refractivity contribution in [3.8, 4) is 0 Å². The summed E-state index contributed by atoms with van der Waals surface area (Å²) in [5.41, 5.74) is 2.69. The Balaban J connectivity index is 1.60. The van der Waals surface area contributed by atoms with E-state index in [0.717, 1.165) is 11.1 Å². The quantitative estimate of drug-likeness (QED) is 0.774. The lowest BCUT2D eigenvalue weighted by Gasteiger charge is -2.25. The molecule has 1 aliphatic heterocycles. The second kappa shape index (κ2) is 8.52. The first-order valence-electron chi connectivity index (χ1n) is 8.85. The molecule has 0 bridgehead atoms. The first kappa shape index (κ1) is 20.0. The molecule has 2 amide bonds. The van der Waals surface area contributed by atoms with Gasteiger partial charge in [-0.05, 0) is 43.2 Å². The third-order valence-corrected chi connectivity index (χ3v) is 5.93. The molecule has 1 aromatic carbocycles. The summed E-state index contributed by atoms with van der Waals surface area (Å²) in [4.78, 5) is 38.2. The highest BCUT2D eigenvalue weighted by atomic mass is 32.2. The van der Waals surface area contributed by atoms with Gasteiger partial charge in [-0.2, -0.15) is 0 Å². The van der Waals surface area contributed by atoms with E-state index >= 15 is 0 Å². The highest BCUT2D eigenvalue weighted by Crippen LogP contribution is 2.41. The maximum atomic E-state index is 12.5. The van der Waals surface area contributed by atoms with E-state index in [0.29, 0.717) is 17.2 Å². The molecule has 2 heterocycles. The zero-order valence-corrected chi connectivity index (χ0v) is 16.7. The molecule has 8 heteroatoms. The standard InChI is InChI=1S/C20H22N2O5S/c1-12-6-4-7-15(13(12)2)21-18(24)10-27-20(25)16-11-28-19(22(16)14(3)23)17-8-5-9-26-17/h4-9,16,19H,10-11H2,1-3H3,(H,21,24)/t16-,19-/m1/s1. The van der Waals surface area contributed by atoms with Crippen LogP contribution in [0.2, 0.25) is 0 Å². The average Bonchev–Trinajstić information content (AvgIpc) is 3.32. The number of carbonyl (C=O) groups excluding carboxylic acids is 3. The van der Waals surface area contributed by atoms with Crippen LogP contribution in [-0.4, -0.2) is 41.1 Å². The number of nitrogens with one attached hydrogen (secondary N) is 1. The molecule has 1 fully saturated rings. The third kappa shape index (κ3) is 4.22. The molecule has 0 radical (unpaired) electrons. The lowest BCUT2D eigenvalue weighted by Crippen LogP contribution is -2.43. The Hall–Kier alpha value is -2.74. The van der Waals surface area contributed by atoms with Gasteiger partial charge >= 0.3 is 5.97 Å². The molecular weight excluding hydrogens is 380 g/mol. The maximum Gasteiger partial charge on any atom is 0.330 e. The SMILES string of the molecule is CC(=O)N1[C@@H](C(=O)OCC(=O)Nc2cccc(C)c2C)CS[C@@H]1c1ccco1. The Labute approximate surface area is 167 Å². The van der Waals surface area contributed by atoms with E-state index in [9.17, 15) is 14.4 Å². The molecule has 0 aliphatic carbocycles. The molecule has 0 spiro atoms. The molecule has 148 valence electrons. The summed E-state index contributed by atoms with van der Waals surface area (Å²) in [6.07, 6.45) is 1.53. The molecular formula is C20H22N2O5S. The minimum absolute atomic E-state index is 0.256. The first-order chi connectivity index (χ1) is 13.4. The van der Waals surface area contributed by atoms with Crippen molar-refractivity contribution in [2.45, 2.75) is 32.2 Å². The van der Waals surface area contributed by atoms with Crippen LogP contribution in [-0.2, 0) is 19.1 Å². The van der Waals surface area contributed by atoms with Crippen molar-refractivity contribution in [3.63, 3.8) is 0 Å². The van der Waals surface area contributed by atoms with Crippen LogP contribution < -0.4 is 5.32 Å². The number of nitrogens with zero attached hydrogens (tertiary/aromatic N) is 1. The molecule has 2 atom stereocenters. The Morgan fingerprint density at radius 2 is 2.04 bits per heavy atom. The molecule has 1 aliphatic rings. The number of benzene rings is 1. The van der Waals surface area contributed by atoms with Crippen molar-refractivity contribution in [1.82, 2.24) is 4.90 Å². The number of esters is 1. The van der Waals surface area contributed by atoms with Crippen molar-refractivity contribution in [3.05, 3.63) is 53.5 Å². The lowest BCUT2D eigenvalue weighted by atomic mass is 10.1. The van der Waals surface area contributed by atoms with Crippen LogP contribution in [0.3, 0.4) is 0 Å². The third-order valence-electron chi connectivity index (χ3n) is 4.65. The number of furan rings is 1. The van der Waals surface area contributed by atoms with Crippen molar-refractivity contribution in [2.75, 3.05) is 17.7 Å². The smallest absolute Gasteiger partial charge is 0.330 e. The summed E-state index contributed by atoms with van der Waals surface area (Å²) >= 11 is 1.42. The summed E-state index contributed by atoms with van der Waals surface area (Å²) in [6, 6.07) is 8.33. The van der Waals surface area contributed by atoms with Crippen molar-refractivity contribution >= 4 is 35.2 Å². The van der Waals surface area contributed by atoms with Gasteiger partial charge in [-0.1, -0.05) is 12.1 Å². The number of rotatable bonds is 5. The predicted molar refractivity (Wildman–Crippen MR) is 106 cm³/mol. The van der Waals surface area contributed by atoms with Crippen LogP contribution in [0.15, 0.2) is 41.0 Å². The van der Waals surface area contributed by atoms with Gasteiger partial charge in [0.15, 0.2) is 6.61 Å². The molecule has 1 saturated heterocycles. The second-order valence-corrected chi connectivity index (χ2v) is 7.66. The van der Waals surface area contributed by atoms with Gasteiger partial charge in [0, 0.05) is 18.4 Å². The van der Waals surface area contributed by atoms with Crippen molar-refractivity contribution in [2.24, 2.45) is 0 Å². The van der Waals surface area contributed by atoms with E-state index in [1.165, 1.54) is 29.8 Å². The van der Waals surface area contributed by atoms with E-state index < -0.39 is 24.5 Å². The number of hydrogen-bond acceptors (Lipinski definition) is 6. The van der Waals surface area contributed by atoms with Gasteiger partial charge in [-0.3, -0.25) is 9.59 Å². The maximum absolute atomic E-state index is 12.5. The van der Waals surface area contributed by atoms with Crippen LogP contribution in [0.1, 0.15) is 29.2 Å². The zero-order valence-electron chi connectivity index (χ0n) is 15.9. The lowest BCUT2D eigenvalue weighted by molar-refractivity contribution is -0.155. The van der Waals surface area contributed by atoms with Crippen molar-refractivity contribution in [1.29, 1.82) is 0 Å². The van der Waals surface area contributed by atoms with Crippen LogP contribution in [0.25, 0.3) is 0 Å². The molecule has 1 N–H and O–H groups in total. The molecule has 28 heavy (non-hydrogen) atoms. The minimum atomic E-state index is -0.758. The Morgan fingerprint density at radius 3 is 2.71 bits per heavy atom. The fourth-order valence-electron chi connectivity index (χ4n) is 3.03. The highest BCUT2D eigenvalue weighted by Gasteiger charge is 2.43. The van der Waals surface area contributed by atoms with Gasteiger partial charge in [0.05, 0.1) is 6.26 Å². The van der Waals surface area contributed by atoms with Crippen LogP contribution in [0.4, 0.5) is 5.69 Å². The second-order valence-electron chi connectivity index (χ2n) is 6.55. The van der Waals surface area contributed by atoms with Crippen molar-refractivity contribution < 1.29 is 23.5 Å². The van der Waals surface area contributed by atoms with E-state index in [1.54, 1.807) is 18.2 Å². The molecule has 0 saturated carbocycles. The van der Waals surface area contributed by atoms with Gasteiger partial charge in [0.1, 0.15) is 17.2 Å². The fraction of sp³-hybridized carbons (Fsp3) is 0.350. The summed E-state index contributed by atoms with van der Waals surface area (Å²) < 4.78 is 10.6. The first-order valence-corrected chi connectivity index (χ1v) is 9.90. The van der Waals surface area contributed by atoms with Crippen LogP contribution >= 0.6 is 11.8 Å². The van der Waals surface area contributed by atoms with E-state index in [-0.39, 0.29) is 11.3 Å². The number of anilines is 1. The summed E-state index contributed by atoms with van der Waals surface area (Å²) in [6.45, 7) is 4.85. The van der Waals surface area contributed by atoms with Gasteiger partial charge in [-0.25, -0.2) is 4.79 Å². The zero-order chi connectivity index (χ0) is 20.3. The number of carbonyl (C=O) groups is 3. The molecule has 3 rings (SSSR count). The summed E-state index contributed by atoms with van der Waals surface area (Å²) in [5.74, 6) is -0.309. The van der Waals surface area contributed by atoms with E-state index in [1.807, 2.05) is 26.0 Å². The van der Waals surface area contributed by atoms with E-state index in [4.69, 9.17) is 9.15 Å². The normalized spacial score (nSPS) is 18.8. The Bertz CT molecular complexity index is 881. The van der Waals surface area contributed by atoms with Gasteiger partial charge in [0.2, 0.25) is 5.91 Å². The number of amides is 2. The molecule has 1 aromatic heterocycles.